The third kappa shape index (κ3) is 5.31. The summed E-state index contributed by atoms with van der Waals surface area (Å²) in [7, 11) is 0. The number of hydrogen-bond acceptors (Lipinski definition) is 5. The fraction of sp³-hybridized carbons (Fsp3) is 0.684. The zero-order valence-electron chi connectivity index (χ0n) is 15.2. The van der Waals surface area contributed by atoms with E-state index in [2.05, 4.69) is 34.7 Å². The molecule has 0 atom stereocenters. The lowest BCUT2D eigenvalue weighted by Gasteiger charge is -2.38. The van der Waals surface area contributed by atoms with Crippen LogP contribution in [0.3, 0.4) is 0 Å². The molecule has 0 bridgehead atoms. The van der Waals surface area contributed by atoms with Gasteiger partial charge < -0.3 is 14.5 Å². The Labute approximate surface area is 157 Å². The molecule has 1 aromatic heterocycles. The lowest BCUT2D eigenvalue weighted by atomic mass is 10.0. The number of aromatic nitrogens is 1. The van der Waals surface area contributed by atoms with E-state index < -0.39 is 0 Å². The Morgan fingerprint density at radius 2 is 1.68 bits per heavy atom. The van der Waals surface area contributed by atoms with Gasteiger partial charge in [-0.05, 0) is 51.7 Å². The molecule has 0 aliphatic carbocycles. The number of piperidine rings is 2. The lowest BCUT2D eigenvalue weighted by Crippen LogP contribution is -2.43. The lowest BCUT2D eigenvalue weighted by molar-refractivity contribution is -0.0540. The monoisotopic (exact) mass is 364 g/mol. The number of nitriles is 1. The zero-order valence-corrected chi connectivity index (χ0v) is 16.0. The van der Waals surface area contributed by atoms with Gasteiger partial charge in [0.25, 0.3) is 0 Å². The molecule has 3 rings (SSSR count). The number of likely N-dealkylation sites (tertiary alicyclic amines) is 1. The summed E-state index contributed by atoms with van der Waals surface area (Å²) >= 11 is 0. The van der Waals surface area contributed by atoms with E-state index in [9.17, 15) is 0 Å². The molecule has 0 spiro atoms. The van der Waals surface area contributed by atoms with Gasteiger partial charge in [-0.25, -0.2) is 4.98 Å². The number of rotatable bonds is 4. The van der Waals surface area contributed by atoms with Gasteiger partial charge in [0, 0.05) is 32.2 Å². The first kappa shape index (κ1) is 20.0. The van der Waals surface area contributed by atoms with Crippen LogP contribution in [-0.4, -0.2) is 54.3 Å². The summed E-state index contributed by atoms with van der Waals surface area (Å²) < 4.78 is 6.37. The quantitative estimate of drug-likeness (QED) is 0.820. The van der Waals surface area contributed by atoms with Crippen molar-refractivity contribution >= 4 is 18.1 Å². The molecule has 0 N–H and O–H groups in total. The summed E-state index contributed by atoms with van der Waals surface area (Å²) in [6.45, 7) is 8.88. The van der Waals surface area contributed by atoms with Crippen LogP contribution < -0.4 is 4.90 Å². The molecule has 138 valence electrons. The van der Waals surface area contributed by atoms with Crippen molar-refractivity contribution in [2.45, 2.75) is 57.8 Å². The Bertz CT molecular complexity index is 556. The minimum atomic E-state index is 0. The average molecular weight is 365 g/mol. The maximum atomic E-state index is 8.83. The van der Waals surface area contributed by atoms with Gasteiger partial charge in [0.05, 0.1) is 24.1 Å². The van der Waals surface area contributed by atoms with Crippen molar-refractivity contribution in [2.75, 3.05) is 31.1 Å². The van der Waals surface area contributed by atoms with Gasteiger partial charge >= 0.3 is 0 Å². The Balaban J connectivity index is 0.00000225. The van der Waals surface area contributed by atoms with E-state index in [1.165, 1.54) is 0 Å². The second-order valence-corrected chi connectivity index (χ2v) is 7.17. The predicted octanol–water partition coefficient (Wildman–Crippen LogP) is 3.23. The van der Waals surface area contributed by atoms with Crippen molar-refractivity contribution in [3.63, 3.8) is 0 Å². The fourth-order valence-corrected chi connectivity index (χ4v) is 3.69. The van der Waals surface area contributed by atoms with Crippen LogP contribution >= 0.6 is 12.4 Å². The molecular weight excluding hydrogens is 336 g/mol. The van der Waals surface area contributed by atoms with Crippen LogP contribution in [0.1, 0.15) is 45.2 Å². The zero-order chi connectivity index (χ0) is 16.9. The highest BCUT2D eigenvalue weighted by atomic mass is 35.5. The highest BCUT2D eigenvalue weighted by Gasteiger charge is 2.26. The smallest absolute Gasteiger partial charge is 0.140 e. The number of hydrogen-bond donors (Lipinski definition) is 0. The second-order valence-electron chi connectivity index (χ2n) is 7.17. The van der Waals surface area contributed by atoms with Crippen molar-refractivity contribution in [2.24, 2.45) is 0 Å². The predicted molar refractivity (Wildman–Crippen MR) is 102 cm³/mol. The molecule has 2 aliphatic rings. The number of halogens is 1. The first-order valence-electron chi connectivity index (χ1n) is 9.16. The molecule has 0 aromatic carbocycles. The van der Waals surface area contributed by atoms with Crippen LogP contribution in [0.15, 0.2) is 18.3 Å². The van der Waals surface area contributed by atoms with Crippen molar-refractivity contribution in [1.29, 1.82) is 5.26 Å². The molecule has 1 aromatic rings. The van der Waals surface area contributed by atoms with E-state index in [0.717, 1.165) is 57.5 Å². The standard InChI is InChI=1S/C19H28N4O.ClH/c1-15(2)22-9-5-18(6-10-22)24-19-7-11-23(12-8-19)17-4-3-16(13-20)21-14-17;/h3-4,14-15,18-19H,5-12H2,1-2H3;1H. The molecule has 0 radical (unpaired) electrons. The molecule has 2 fully saturated rings. The molecule has 0 unspecified atom stereocenters. The third-order valence-corrected chi connectivity index (χ3v) is 5.26. The highest BCUT2D eigenvalue weighted by Crippen LogP contribution is 2.24. The molecule has 0 saturated carbocycles. The number of pyridine rings is 1. The Morgan fingerprint density at radius 3 is 2.16 bits per heavy atom. The first-order chi connectivity index (χ1) is 11.7. The molecule has 2 saturated heterocycles. The van der Waals surface area contributed by atoms with Crippen molar-refractivity contribution < 1.29 is 4.74 Å². The molecular formula is C19H29ClN4O. The highest BCUT2D eigenvalue weighted by molar-refractivity contribution is 5.85. The van der Waals surface area contributed by atoms with Crippen LogP contribution in [0.5, 0.6) is 0 Å². The number of anilines is 1. The van der Waals surface area contributed by atoms with Crippen molar-refractivity contribution in [3.8, 4) is 6.07 Å². The van der Waals surface area contributed by atoms with E-state index in [-0.39, 0.29) is 12.4 Å². The summed E-state index contributed by atoms with van der Waals surface area (Å²) in [6.07, 6.45) is 7.11. The molecule has 5 nitrogen and oxygen atoms in total. The summed E-state index contributed by atoms with van der Waals surface area (Å²) in [4.78, 5) is 9.05. The number of nitrogens with zero attached hydrogens (tertiary/aromatic N) is 4. The molecule has 25 heavy (non-hydrogen) atoms. The fourth-order valence-electron chi connectivity index (χ4n) is 3.69. The summed E-state index contributed by atoms with van der Waals surface area (Å²) in [5.74, 6) is 0. The van der Waals surface area contributed by atoms with E-state index in [4.69, 9.17) is 10.00 Å². The second kappa shape index (κ2) is 9.38. The van der Waals surface area contributed by atoms with Gasteiger partial charge in [-0.15, -0.1) is 12.4 Å². The Kier molecular flexibility index (Phi) is 7.49. The van der Waals surface area contributed by atoms with Crippen LogP contribution in [0.25, 0.3) is 0 Å². The molecule has 2 aliphatic heterocycles. The van der Waals surface area contributed by atoms with E-state index in [1.807, 2.05) is 6.07 Å². The first-order valence-corrected chi connectivity index (χ1v) is 9.16. The van der Waals surface area contributed by atoms with Gasteiger partial charge in [0.1, 0.15) is 11.8 Å². The largest absolute Gasteiger partial charge is 0.375 e. The van der Waals surface area contributed by atoms with Gasteiger partial charge in [0.2, 0.25) is 0 Å². The van der Waals surface area contributed by atoms with Crippen LogP contribution in [0, 0.1) is 11.3 Å². The molecule has 0 amide bonds. The average Bonchev–Trinajstić information content (AvgIpc) is 2.63. The maximum Gasteiger partial charge on any atom is 0.140 e. The van der Waals surface area contributed by atoms with E-state index >= 15 is 0 Å². The normalized spacial score (nSPS) is 20.3. The Morgan fingerprint density at radius 1 is 1.08 bits per heavy atom. The van der Waals surface area contributed by atoms with Crippen molar-refractivity contribution in [3.05, 3.63) is 24.0 Å². The van der Waals surface area contributed by atoms with E-state index in [1.54, 1.807) is 12.3 Å². The van der Waals surface area contributed by atoms with Crippen LogP contribution in [-0.2, 0) is 4.74 Å². The molecule has 6 heteroatoms. The topological polar surface area (TPSA) is 52.4 Å². The van der Waals surface area contributed by atoms with Gasteiger partial charge in [-0.1, -0.05) is 0 Å². The SMILES string of the molecule is CC(C)N1CCC(OC2CCN(c3ccc(C#N)nc3)CC2)CC1.Cl. The summed E-state index contributed by atoms with van der Waals surface area (Å²) in [6, 6.07) is 6.50. The maximum absolute atomic E-state index is 8.83. The van der Waals surface area contributed by atoms with Gasteiger partial charge in [-0.2, -0.15) is 5.26 Å². The van der Waals surface area contributed by atoms with E-state index in [0.29, 0.717) is 23.9 Å². The summed E-state index contributed by atoms with van der Waals surface area (Å²) in [5.41, 5.74) is 1.59. The minimum Gasteiger partial charge on any atom is -0.375 e. The van der Waals surface area contributed by atoms with Gasteiger partial charge in [-0.3, -0.25) is 0 Å². The minimum absolute atomic E-state index is 0. The van der Waals surface area contributed by atoms with Gasteiger partial charge in [0.15, 0.2) is 0 Å². The Hall–Kier alpha value is -1.35. The summed E-state index contributed by atoms with van der Waals surface area (Å²) in [5, 5.41) is 8.83. The third-order valence-electron chi connectivity index (χ3n) is 5.26. The molecule has 3 heterocycles. The number of ether oxygens (including phenoxy) is 1. The van der Waals surface area contributed by atoms with Crippen LogP contribution in [0.2, 0.25) is 0 Å². The van der Waals surface area contributed by atoms with Crippen LogP contribution in [0.4, 0.5) is 5.69 Å². The van der Waals surface area contributed by atoms with Crippen molar-refractivity contribution in [1.82, 2.24) is 9.88 Å².